The van der Waals surface area contributed by atoms with Crippen molar-refractivity contribution in [2.75, 3.05) is 0 Å². The molecule has 4 aromatic rings. The van der Waals surface area contributed by atoms with Crippen molar-refractivity contribution in [3.05, 3.63) is 51.2 Å². The highest BCUT2D eigenvalue weighted by Gasteiger charge is 2.13. The number of halogens is 3. The van der Waals surface area contributed by atoms with Gasteiger partial charge in [0.05, 0.1) is 33.5 Å². The molecule has 2 aromatic heterocycles. The minimum atomic E-state index is -1.51. The van der Waals surface area contributed by atoms with Crippen molar-refractivity contribution >= 4 is 73.5 Å². The smallest absolute Gasteiger partial charge is 0.423 e. The highest BCUT2D eigenvalue weighted by Crippen LogP contribution is 2.26. The SMILES string of the molecule is Clc1cc(Br)cc2[nH]ncc12.OB(O)c1cc(Cl)c2cn[nH]c2c1. The lowest BCUT2D eigenvalue weighted by molar-refractivity contribution is 0.426. The highest BCUT2D eigenvalue weighted by molar-refractivity contribution is 9.10. The van der Waals surface area contributed by atoms with Gasteiger partial charge in [0, 0.05) is 15.2 Å². The lowest BCUT2D eigenvalue weighted by atomic mass is 9.80. The molecule has 0 atom stereocenters. The fourth-order valence-electron chi connectivity index (χ4n) is 2.15. The van der Waals surface area contributed by atoms with Gasteiger partial charge in [-0.05, 0) is 29.7 Å². The van der Waals surface area contributed by atoms with Crippen LogP contribution < -0.4 is 5.46 Å². The number of nitrogens with one attached hydrogen (secondary N) is 2. The molecule has 10 heteroatoms. The minimum absolute atomic E-state index is 0.349. The van der Waals surface area contributed by atoms with Crippen LogP contribution in [0.5, 0.6) is 0 Å². The Kier molecular flexibility index (Phi) is 5.12. The minimum Gasteiger partial charge on any atom is -0.423 e. The molecule has 2 aromatic carbocycles. The van der Waals surface area contributed by atoms with Crippen molar-refractivity contribution in [2.24, 2.45) is 0 Å². The van der Waals surface area contributed by atoms with Crippen molar-refractivity contribution in [1.29, 1.82) is 0 Å². The van der Waals surface area contributed by atoms with Crippen molar-refractivity contribution in [1.82, 2.24) is 20.4 Å². The van der Waals surface area contributed by atoms with Crippen LogP contribution in [0.4, 0.5) is 0 Å². The molecule has 2 heterocycles. The molecule has 0 aliphatic rings. The molecule has 4 N–H and O–H groups in total. The number of hydrogen-bond donors (Lipinski definition) is 4. The zero-order valence-electron chi connectivity index (χ0n) is 12.0. The summed E-state index contributed by atoms with van der Waals surface area (Å²) < 4.78 is 0.958. The molecule has 0 aliphatic carbocycles. The first-order chi connectivity index (χ1) is 11.5. The van der Waals surface area contributed by atoms with Gasteiger partial charge < -0.3 is 10.0 Å². The summed E-state index contributed by atoms with van der Waals surface area (Å²) in [5.41, 5.74) is 1.99. The molecule has 0 bridgehead atoms. The van der Waals surface area contributed by atoms with E-state index in [0.717, 1.165) is 20.8 Å². The van der Waals surface area contributed by atoms with Gasteiger partial charge in [-0.3, -0.25) is 10.2 Å². The summed E-state index contributed by atoms with van der Waals surface area (Å²) in [5, 5.41) is 33.9. The van der Waals surface area contributed by atoms with Crippen LogP contribution in [-0.2, 0) is 0 Å². The average molecular weight is 428 g/mol. The number of benzene rings is 2. The fourth-order valence-corrected chi connectivity index (χ4v) is 3.29. The maximum absolute atomic E-state index is 8.91. The van der Waals surface area contributed by atoms with E-state index in [-0.39, 0.29) is 0 Å². The Morgan fingerprint density at radius 1 is 0.875 bits per heavy atom. The highest BCUT2D eigenvalue weighted by atomic mass is 79.9. The van der Waals surface area contributed by atoms with E-state index >= 15 is 0 Å². The topological polar surface area (TPSA) is 97.8 Å². The largest absolute Gasteiger partial charge is 0.488 e. The number of aromatic amines is 2. The van der Waals surface area contributed by atoms with E-state index in [0.29, 0.717) is 21.0 Å². The monoisotopic (exact) mass is 426 g/mol. The third kappa shape index (κ3) is 3.58. The van der Waals surface area contributed by atoms with E-state index in [1.54, 1.807) is 18.5 Å². The molecule has 0 unspecified atom stereocenters. The van der Waals surface area contributed by atoms with Gasteiger partial charge in [-0.15, -0.1) is 0 Å². The molecule has 0 saturated carbocycles. The van der Waals surface area contributed by atoms with Crippen molar-refractivity contribution in [3.63, 3.8) is 0 Å². The Hall–Kier alpha value is -1.58. The molecule has 0 saturated heterocycles. The van der Waals surface area contributed by atoms with Gasteiger partial charge in [-0.25, -0.2) is 0 Å². The second kappa shape index (κ2) is 7.12. The van der Waals surface area contributed by atoms with Crippen LogP contribution in [0.3, 0.4) is 0 Å². The molecule has 4 rings (SSSR count). The number of hydrogen-bond acceptors (Lipinski definition) is 4. The van der Waals surface area contributed by atoms with Gasteiger partial charge in [0.2, 0.25) is 0 Å². The Balaban J connectivity index is 0.000000143. The number of H-pyrrole nitrogens is 2. The summed E-state index contributed by atoms with van der Waals surface area (Å²) in [7, 11) is -1.51. The molecule has 0 spiro atoms. The zero-order chi connectivity index (χ0) is 17.3. The van der Waals surface area contributed by atoms with Crippen LogP contribution >= 0.6 is 39.1 Å². The predicted octanol–water partition coefficient (Wildman–Crippen LogP) is 2.87. The standard InChI is InChI=1S/C7H6BClN2O2.C7H4BrClN2/c9-6-1-4(8(12)13)2-7-5(6)3-10-11-7;8-4-1-6(9)5-3-10-11-7(5)2-4/h1-3,12-13H,(H,10,11);1-3H,(H,10,11). The predicted molar refractivity (Wildman–Crippen MR) is 99.7 cm³/mol. The normalized spacial score (nSPS) is 10.7. The first-order valence-electron chi connectivity index (χ1n) is 6.72. The van der Waals surface area contributed by atoms with Gasteiger partial charge in [0.15, 0.2) is 0 Å². The quantitative estimate of drug-likeness (QED) is 0.351. The molecule has 24 heavy (non-hydrogen) atoms. The van der Waals surface area contributed by atoms with Crippen LogP contribution in [0.15, 0.2) is 41.1 Å². The van der Waals surface area contributed by atoms with Crippen molar-refractivity contribution in [3.8, 4) is 0 Å². The molecule has 0 fully saturated rings. The van der Waals surface area contributed by atoms with Crippen molar-refractivity contribution < 1.29 is 10.0 Å². The first kappa shape index (κ1) is 17.3. The average Bonchev–Trinajstić information content (AvgIpc) is 3.16. The molecular formula is C14H10BBrCl2N4O2. The molecular weight excluding hydrogens is 418 g/mol. The number of rotatable bonds is 1. The van der Waals surface area contributed by atoms with Crippen LogP contribution in [0.1, 0.15) is 0 Å². The Bertz CT molecular complexity index is 1000. The number of fused-ring (bicyclic) bond motifs is 2. The van der Waals surface area contributed by atoms with Crippen LogP contribution in [0.25, 0.3) is 21.8 Å². The van der Waals surface area contributed by atoms with Gasteiger partial charge in [0.1, 0.15) is 0 Å². The first-order valence-corrected chi connectivity index (χ1v) is 8.27. The third-order valence-corrected chi connectivity index (χ3v) is 4.38. The van der Waals surface area contributed by atoms with E-state index in [1.807, 2.05) is 12.1 Å². The Labute approximate surface area is 155 Å². The maximum atomic E-state index is 8.91. The summed E-state index contributed by atoms with van der Waals surface area (Å²) in [6.45, 7) is 0. The lowest BCUT2D eigenvalue weighted by Gasteiger charge is -2.00. The van der Waals surface area contributed by atoms with E-state index in [9.17, 15) is 0 Å². The van der Waals surface area contributed by atoms with Crippen molar-refractivity contribution in [2.45, 2.75) is 0 Å². The third-order valence-electron chi connectivity index (χ3n) is 3.30. The van der Waals surface area contributed by atoms with Crippen LogP contribution in [0, 0.1) is 0 Å². The second-order valence-corrected chi connectivity index (χ2v) is 6.66. The summed E-state index contributed by atoms with van der Waals surface area (Å²) >= 11 is 15.1. The van der Waals surface area contributed by atoms with Gasteiger partial charge in [-0.2, -0.15) is 10.2 Å². The summed E-state index contributed by atoms with van der Waals surface area (Å²) in [4.78, 5) is 0. The van der Waals surface area contributed by atoms with Gasteiger partial charge in [-0.1, -0.05) is 39.1 Å². The van der Waals surface area contributed by atoms with E-state index in [2.05, 4.69) is 36.3 Å². The fraction of sp³-hybridized carbons (Fsp3) is 0. The summed E-state index contributed by atoms with van der Waals surface area (Å²) in [6.07, 6.45) is 3.30. The van der Waals surface area contributed by atoms with E-state index in [1.165, 1.54) is 6.07 Å². The second-order valence-electron chi connectivity index (χ2n) is 4.93. The van der Waals surface area contributed by atoms with E-state index in [4.69, 9.17) is 33.2 Å². The zero-order valence-corrected chi connectivity index (χ0v) is 15.1. The summed E-state index contributed by atoms with van der Waals surface area (Å²) in [6, 6.07) is 6.89. The number of aromatic nitrogens is 4. The molecule has 122 valence electrons. The molecule has 0 aliphatic heterocycles. The Morgan fingerprint density at radius 2 is 1.42 bits per heavy atom. The van der Waals surface area contributed by atoms with Crippen LogP contribution in [0.2, 0.25) is 10.0 Å². The lowest BCUT2D eigenvalue weighted by Crippen LogP contribution is -2.29. The maximum Gasteiger partial charge on any atom is 0.488 e. The molecule has 6 nitrogen and oxygen atoms in total. The molecule has 0 amide bonds. The van der Waals surface area contributed by atoms with Gasteiger partial charge in [0.25, 0.3) is 0 Å². The molecule has 0 radical (unpaired) electrons. The summed E-state index contributed by atoms with van der Waals surface area (Å²) in [5.74, 6) is 0. The van der Waals surface area contributed by atoms with E-state index < -0.39 is 7.12 Å². The van der Waals surface area contributed by atoms with Crippen LogP contribution in [-0.4, -0.2) is 37.6 Å². The Morgan fingerprint density at radius 3 is 2.00 bits per heavy atom. The van der Waals surface area contributed by atoms with Gasteiger partial charge >= 0.3 is 7.12 Å². The number of nitrogens with zero attached hydrogens (tertiary/aromatic N) is 2.